The van der Waals surface area contributed by atoms with Gasteiger partial charge in [0.05, 0.1) is 28.3 Å². The van der Waals surface area contributed by atoms with Gasteiger partial charge in [0.25, 0.3) is 10.0 Å². The molecule has 0 saturated heterocycles. The molecule has 4 aromatic rings. The number of hydrazone groups is 1. The molecule has 0 amide bonds. The first-order valence-corrected chi connectivity index (χ1v) is 9.36. The van der Waals surface area contributed by atoms with E-state index in [2.05, 4.69) is 19.9 Å². The number of benzene rings is 3. The second-order valence-electron chi connectivity index (χ2n) is 5.65. The quantitative estimate of drug-likeness (QED) is 0.447. The third kappa shape index (κ3) is 3.25. The number of fused-ring (bicyclic) bond motifs is 2. The minimum Gasteiger partial charge on any atom is -0.252 e. The van der Waals surface area contributed by atoms with Crippen LogP contribution < -0.4 is 4.83 Å². The predicted octanol–water partition coefficient (Wildman–Crippen LogP) is 3.10. The van der Waals surface area contributed by atoms with Gasteiger partial charge in [-0.3, -0.25) is 4.98 Å². The molecule has 128 valence electrons. The molecule has 0 aliphatic carbocycles. The van der Waals surface area contributed by atoms with Crippen molar-refractivity contribution in [1.29, 1.82) is 0 Å². The summed E-state index contributed by atoms with van der Waals surface area (Å²) in [6.45, 7) is 0. The topological polar surface area (TPSA) is 84.3 Å². The van der Waals surface area contributed by atoms with Gasteiger partial charge >= 0.3 is 0 Å². The van der Waals surface area contributed by atoms with Gasteiger partial charge in [-0.1, -0.05) is 42.5 Å². The molecule has 0 aliphatic heterocycles. The van der Waals surface area contributed by atoms with Crippen molar-refractivity contribution in [2.45, 2.75) is 4.90 Å². The molecule has 0 bridgehead atoms. The van der Waals surface area contributed by atoms with Crippen molar-refractivity contribution >= 4 is 38.0 Å². The number of hydrogen-bond acceptors (Lipinski definition) is 5. The highest BCUT2D eigenvalue weighted by atomic mass is 32.2. The third-order valence-corrected chi connectivity index (χ3v) is 5.09. The Morgan fingerprint density at radius 1 is 0.885 bits per heavy atom. The molecule has 26 heavy (non-hydrogen) atoms. The van der Waals surface area contributed by atoms with E-state index in [4.69, 9.17) is 0 Å². The van der Waals surface area contributed by atoms with Crippen molar-refractivity contribution in [3.8, 4) is 0 Å². The normalized spacial score (nSPS) is 12.0. The fraction of sp³-hybridized carbons (Fsp3) is 0. The van der Waals surface area contributed by atoms with Gasteiger partial charge in [-0.25, -0.2) is 9.82 Å². The van der Waals surface area contributed by atoms with Crippen LogP contribution in [0.5, 0.6) is 0 Å². The maximum atomic E-state index is 12.4. The maximum Gasteiger partial charge on any atom is 0.276 e. The van der Waals surface area contributed by atoms with E-state index >= 15 is 0 Å². The van der Waals surface area contributed by atoms with Crippen molar-refractivity contribution in [3.63, 3.8) is 0 Å². The highest BCUT2D eigenvalue weighted by molar-refractivity contribution is 7.89. The zero-order valence-electron chi connectivity index (χ0n) is 13.6. The number of sulfonamides is 1. The van der Waals surface area contributed by atoms with Gasteiger partial charge in [0.1, 0.15) is 5.69 Å². The number of para-hydroxylation sites is 2. The summed E-state index contributed by atoms with van der Waals surface area (Å²) in [6.07, 6.45) is 2.87. The van der Waals surface area contributed by atoms with E-state index < -0.39 is 10.0 Å². The Bertz CT molecular complexity index is 1240. The van der Waals surface area contributed by atoms with E-state index in [1.54, 1.807) is 18.2 Å². The van der Waals surface area contributed by atoms with Gasteiger partial charge in [-0.15, -0.1) is 0 Å². The molecule has 1 heterocycles. The molecule has 0 saturated carbocycles. The summed E-state index contributed by atoms with van der Waals surface area (Å²) in [5.41, 5.74) is 1.94. The predicted molar refractivity (Wildman–Crippen MR) is 101 cm³/mol. The summed E-state index contributed by atoms with van der Waals surface area (Å²) in [4.78, 5) is 11.0. The van der Waals surface area contributed by atoms with Crippen LogP contribution in [0.3, 0.4) is 0 Å². The van der Waals surface area contributed by atoms with Gasteiger partial charge in [0.15, 0.2) is 0 Å². The standard InChI is InChI=1S/C19H14N4O2S/c24-26(25,17-10-9-14-5-1-2-6-15(14)11-17)23-21-13-16-12-20-18-7-3-4-8-19(18)22-16/h1-13,23H/b21-13-. The molecular weight excluding hydrogens is 348 g/mol. The summed E-state index contributed by atoms with van der Waals surface area (Å²) in [6, 6.07) is 19.9. The smallest absolute Gasteiger partial charge is 0.252 e. The Hall–Kier alpha value is -3.32. The van der Waals surface area contributed by atoms with Crippen LogP contribution in [0.4, 0.5) is 0 Å². The van der Waals surface area contributed by atoms with Crippen molar-refractivity contribution in [2.24, 2.45) is 5.10 Å². The zero-order valence-corrected chi connectivity index (χ0v) is 14.4. The summed E-state index contributed by atoms with van der Waals surface area (Å²) in [5.74, 6) is 0. The second kappa shape index (κ2) is 6.53. The number of rotatable bonds is 4. The molecule has 0 fully saturated rings. The van der Waals surface area contributed by atoms with Gasteiger partial charge in [-0.2, -0.15) is 13.5 Å². The molecule has 0 atom stereocenters. The number of nitrogens with one attached hydrogen (secondary N) is 1. The van der Waals surface area contributed by atoms with Gasteiger partial charge < -0.3 is 0 Å². The first kappa shape index (κ1) is 16.2. The zero-order chi connectivity index (χ0) is 18.0. The van der Waals surface area contributed by atoms with Gasteiger partial charge in [0.2, 0.25) is 0 Å². The van der Waals surface area contributed by atoms with E-state index in [1.807, 2.05) is 48.5 Å². The Balaban J connectivity index is 1.57. The number of aromatic nitrogens is 2. The summed E-state index contributed by atoms with van der Waals surface area (Å²) in [7, 11) is -3.76. The Morgan fingerprint density at radius 2 is 1.62 bits per heavy atom. The average Bonchev–Trinajstić information content (AvgIpc) is 2.67. The molecule has 0 unspecified atom stereocenters. The van der Waals surface area contributed by atoms with Crippen molar-refractivity contribution in [1.82, 2.24) is 14.8 Å². The minimum atomic E-state index is -3.76. The Labute approximate surface area is 150 Å². The average molecular weight is 362 g/mol. The van der Waals surface area contributed by atoms with Crippen LogP contribution in [0.1, 0.15) is 5.69 Å². The maximum absolute atomic E-state index is 12.4. The van der Waals surface area contributed by atoms with Crippen molar-refractivity contribution < 1.29 is 8.42 Å². The molecular formula is C19H14N4O2S. The van der Waals surface area contributed by atoms with Gasteiger partial charge in [0, 0.05) is 0 Å². The van der Waals surface area contributed by atoms with Crippen molar-refractivity contribution in [3.05, 3.63) is 78.6 Å². The summed E-state index contributed by atoms with van der Waals surface area (Å²) < 4.78 is 24.8. The summed E-state index contributed by atoms with van der Waals surface area (Å²) in [5, 5.41) is 5.63. The SMILES string of the molecule is O=S(=O)(N/N=C\c1cnc2ccccc2n1)c1ccc2ccccc2c1. The monoisotopic (exact) mass is 362 g/mol. The highest BCUT2D eigenvalue weighted by Gasteiger charge is 2.13. The van der Waals surface area contributed by atoms with Crippen LogP contribution in [0.2, 0.25) is 0 Å². The van der Waals surface area contributed by atoms with Crippen LogP contribution in [0.15, 0.2) is 82.9 Å². The molecule has 0 spiro atoms. The minimum absolute atomic E-state index is 0.151. The molecule has 0 radical (unpaired) electrons. The second-order valence-corrected chi connectivity index (χ2v) is 7.31. The molecule has 4 rings (SSSR count). The number of hydrogen-bond donors (Lipinski definition) is 1. The van der Waals surface area contributed by atoms with Crippen LogP contribution in [0, 0.1) is 0 Å². The lowest BCUT2D eigenvalue weighted by Crippen LogP contribution is -2.18. The molecule has 7 heteroatoms. The first-order chi connectivity index (χ1) is 12.6. The van der Waals surface area contributed by atoms with Crippen molar-refractivity contribution in [2.75, 3.05) is 0 Å². The molecule has 3 aromatic carbocycles. The van der Waals surface area contributed by atoms with Crippen LogP contribution >= 0.6 is 0 Å². The first-order valence-electron chi connectivity index (χ1n) is 7.87. The molecule has 1 aromatic heterocycles. The fourth-order valence-corrected chi connectivity index (χ4v) is 3.41. The van der Waals surface area contributed by atoms with E-state index in [9.17, 15) is 8.42 Å². The fourth-order valence-electron chi connectivity index (χ4n) is 2.58. The lowest BCUT2D eigenvalue weighted by atomic mass is 10.1. The molecule has 1 N–H and O–H groups in total. The van der Waals surface area contributed by atoms with Gasteiger partial charge in [-0.05, 0) is 35.0 Å². The Kier molecular flexibility index (Phi) is 4.06. The van der Waals surface area contributed by atoms with E-state index in [-0.39, 0.29) is 4.90 Å². The van der Waals surface area contributed by atoms with E-state index in [1.165, 1.54) is 12.4 Å². The third-order valence-electron chi connectivity index (χ3n) is 3.87. The summed E-state index contributed by atoms with van der Waals surface area (Å²) >= 11 is 0. The van der Waals surface area contributed by atoms with E-state index in [0.29, 0.717) is 11.2 Å². The Morgan fingerprint density at radius 3 is 2.46 bits per heavy atom. The molecule has 0 aliphatic rings. The van der Waals surface area contributed by atoms with Crippen LogP contribution in [-0.4, -0.2) is 24.6 Å². The van der Waals surface area contributed by atoms with Crippen LogP contribution in [0.25, 0.3) is 21.8 Å². The largest absolute Gasteiger partial charge is 0.276 e. The van der Waals surface area contributed by atoms with Crippen LogP contribution in [-0.2, 0) is 10.0 Å². The lowest BCUT2D eigenvalue weighted by molar-refractivity contribution is 0.585. The highest BCUT2D eigenvalue weighted by Crippen LogP contribution is 2.18. The number of nitrogens with zero attached hydrogens (tertiary/aromatic N) is 3. The van der Waals surface area contributed by atoms with E-state index in [0.717, 1.165) is 16.3 Å². The lowest BCUT2D eigenvalue weighted by Gasteiger charge is -2.05. The molecule has 6 nitrogen and oxygen atoms in total.